The third kappa shape index (κ3) is 3.82. The second kappa shape index (κ2) is 7.86. The molecule has 3 amide bonds. The standard InChI is InChI=1S/C21H19N3O6/c1-12(21(28)24-11-18(25)22-13-6-2-4-8-15(13)24)29-19(26)10-17-20(27)23-14-7-3-5-9-16(14)30-17/h2-9,12,17H,10-11H2,1H3,(H,22,25)(H,23,27)/t12-,17-/m1/s1. The van der Waals surface area contributed by atoms with Gasteiger partial charge >= 0.3 is 5.97 Å². The SMILES string of the molecule is C[C@@H](OC(=O)C[C@H]1Oc2ccccc2NC1=O)C(=O)N1CC(=O)Nc2ccccc21. The number of para-hydroxylation sites is 4. The number of esters is 1. The number of fused-ring (bicyclic) bond motifs is 2. The van der Waals surface area contributed by atoms with Crippen LogP contribution in [-0.4, -0.2) is 42.4 Å². The Morgan fingerprint density at radius 2 is 1.80 bits per heavy atom. The van der Waals surface area contributed by atoms with E-state index in [0.29, 0.717) is 22.8 Å². The first-order valence-corrected chi connectivity index (χ1v) is 9.38. The Balaban J connectivity index is 1.40. The predicted molar refractivity (Wildman–Crippen MR) is 107 cm³/mol. The van der Waals surface area contributed by atoms with E-state index in [1.54, 1.807) is 48.5 Å². The van der Waals surface area contributed by atoms with Gasteiger partial charge in [-0.25, -0.2) is 0 Å². The van der Waals surface area contributed by atoms with Crippen LogP contribution in [0.5, 0.6) is 5.75 Å². The van der Waals surface area contributed by atoms with E-state index < -0.39 is 30.0 Å². The second-order valence-corrected chi connectivity index (χ2v) is 6.92. The number of carbonyl (C=O) groups is 4. The minimum absolute atomic E-state index is 0.178. The summed E-state index contributed by atoms with van der Waals surface area (Å²) < 4.78 is 10.8. The summed E-state index contributed by atoms with van der Waals surface area (Å²) in [4.78, 5) is 50.5. The zero-order valence-electron chi connectivity index (χ0n) is 16.1. The molecule has 0 aromatic heterocycles. The molecule has 2 aliphatic rings. The smallest absolute Gasteiger partial charge is 0.310 e. The molecule has 2 aromatic rings. The quantitative estimate of drug-likeness (QED) is 0.743. The molecule has 2 atom stereocenters. The summed E-state index contributed by atoms with van der Waals surface area (Å²) in [5, 5.41) is 5.36. The summed E-state index contributed by atoms with van der Waals surface area (Å²) in [5.74, 6) is -1.65. The molecule has 2 heterocycles. The normalized spacial score (nSPS) is 18.2. The van der Waals surface area contributed by atoms with Gasteiger partial charge in [0.15, 0.2) is 12.2 Å². The number of hydrogen-bond donors (Lipinski definition) is 2. The van der Waals surface area contributed by atoms with Crippen LogP contribution in [-0.2, 0) is 23.9 Å². The van der Waals surface area contributed by atoms with Crippen LogP contribution in [0.3, 0.4) is 0 Å². The van der Waals surface area contributed by atoms with Crippen LogP contribution in [0.1, 0.15) is 13.3 Å². The van der Waals surface area contributed by atoms with Crippen molar-refractivity contribution in [2.45, 2.75) is 25.6 Å². The topological polar surface area (TPSA) is 114 Å². The number of anilines is 3. The van der Waals surface area contributed by atoms with Crippen molar-refractivity contribution in [2.24, 2.45) is 0 Å². The monoisotopic (exact) mass is 409 g/mol. The lowest BCUT2D eigenvalue weighted by Crippen LogP contribution is -2.47. The van der Waals surface area contributed by atoms with Crippen LogP contribution in [0.2, 0.25) is 0 Å². The number of hydrogen-bond acceptors (Lipinski definition) is 6. The molecule has 0 radical (unpaired) electrons. The number of nitrogens with zero attached hydrogens (tertiary/aromatic N) is 1. The first-order valence-electron chi connectivity index (χ1n) is 9.38. The lowest BCUT2D eigenvalue weighted by atomic mass is 10.1. The van der Waals surface area contributed by atoms with Gasteiger partial charge in [-0.1, -0.05) is 24.3 Å². The van der Waals surface area contributed by atoms with E-state index >= 15 is 0 Å². The summed E-state index contributed by atoms with van der Waals surface area (Å²) in [6.45, 7) is 1.25. The first kappa shape index (κ1) is 19.4. The van der Waals surface area contributed by atoms with Crippen molar-refractivity contribution >= 4 is 40.8 Å². The molecule has 9 nitrogen and oxygen atoms in total. The fraction of sp³-hybridized carbons (Fsp3) is 0.238. The number of amides is 3. The number of carbonyl (C=O) groups excluding carboxylic acids is 4. The first-order chi connectivity index (χ1) is 14.4. The van der Waals surface area contributed by atoms with Crippen molar-refractivity contribution in [2.75, 3.05) is 22.1 Å². The molecule has 30 heavy (non-hydrogen) atoms. The zero-order chi connectivity index (χ0) is 21.3. The van der Waals surface area contributed by atoms with Gasteiger partial charge in [0, 0.05) is 0 Å². The van der Waals surface area contributed by atoms with E-state index in [1.165, 1.54) is 11.8 Å². The second-order valence-electron chi connectivity index (χ2n) is 6.92. The fourth-order valence-electron chi connectivity index (χ4n) is 3.32. The zero-order valence-corrected chi connectivity index (χ0v) is 16.1. The third-order valence-electron chi connectivity index (χ3n) is 4.75. The summed E-state index contributed by atoms with van der Waals surface area (Å²) in [6, 6.07) is 13.7. The van der Waals surface area contributed by atoms with Gasteiger partial charge in [0.05, 0.1) is 23.5 Å². The summed E-state index contributed by atoms with van der Waals surface area (Å²) in [6.07, 6.45) is -2.55. The molecule has 4 rings (SSSR count). The molecule has 0 saturated carbocycles. The van der Waals surface area contributed by atoms with Gasteiger partial charge in [-0.15, -0.1) is 0 Å². The highest BCUT2D eigenvalue weighted by molar-refractivity contribution is 6.11. The van der Waals surface area contributed by atoms with Crippen LogP contribution in [0, 0.1) is 0 Å². The molecular weight excluding hydrogens is 390 g/mol. The van der Waals surface area contributed by atoms with E-state index in [2.05, 4.69) is 10.6 Å². The third-order valence-corrected chi connectivity index (χ3v) is 4.75. The van der Waals surface area contributed by atoms with Gasteiger partial charge in [-0.2, -0.15) is 0 Å². The van der Waals surface area contributed by atoms with Crippen LogP contribution >= 0.6 is 0 Å². The van der Waals surface area contributed by atoms with Gasteiger partial charge in [0.25, 0.3) is 11.8 Å². The molecule has 9 heteroatoms. The molecular formula is C21H19N3O6. The van der Waals surface area contributed by atoms with Crippen LogP contribution in [0.4, 0.5) is 17.1 Å². The van der Waals surface area contributed by atoms with Crippen LogP contribution < -0.4 is 20.3 Å². The lowest BCUT2D eigenvalue weighted by Gasteiger charge is -2.31. The molecule has 154 valence electrons. The summed E-state index contributed by atoms with van der Waals surface area (Å²) >= 11 is 0. The molecule has 0 aliphatic carbocycles. The maximum Gasteiger partial charge on any atom is 0.310 e. The van der Waals surface area contributed by atoms with Crippen LogP contribution in [0.25, 0.3) is 0 Å². The highest BCUT2D eigenvalue weighted by atomic mass is 16.6. The van der Waals surface area contributed by atoms with E-state index in [9.17, 15) is 19.2 Å². The van der Waals surface area contributed by atoms with E-state index in [1.807, 2.05) is 0 Å². The number of benzene rings is 2. The fourth-order valence-corrected chi connectivity index (χ4v) is 3.32. The number of ether oxygens (including phenoxy) is 2. The van der Waals surface area contributed by atoms with E-state index in [0.717, 1.165) is 0 Å². The van der Waals surface area contributed by atoms with Crippen molar-refractivity contribution in [3.05, 3.63) is 48.5 Å². The molecule has 0 unspecified atom stereocenters. The van der Waals surface area contributed by atoms with Gasteiger partial charge < -0.3 is 20.1 Å². The Kier molecular flexibility index (Phi) is 5.09. The van der Waals surface area contributed by atoms with Crippen molar-refractivity contribution in [3.63, 3.8) is 0 Å². The Labute approximate surface area is 171 Å². The average Bonchev–Trinajstić information content (AvgIpc) is 2.73. The molecule has 2 aliphatic heterocycles. The van der Waals surface area contributed by atoms with Crippen molar-refractivity contribution in [1.29, 1.82) is 0 Å². The maximum absolute atomic E-state index is 12.8. The number of rotatable bonds is 4. The Bertz CT molecular complexity index is 1040. The van der Waals surface area contributed by atoms with Crippen molar-refractivity contribution in [3.8, 4) is 5.75 Å². The molecule has 0 spiro atoms. The largest absolute Gasteiger partial charge is 0.478 e. The van der Waals surface area contributed by atoms with E-state index in [4.69, 9.17) is 9.47 Å². The molecule has 0 fully saturated rings. The highest BCUT2D eigenvalue weighted by Crippen LogP contribution is 2.31. The minimum atomic E-state index is -1.14. The van der Waals surface area contributed by atoms with Crippen LogP contribution in [0.15, 0.2) is 48.5 Å². The van der Waals surface area contributed by atoms with E-state index in [-0.39, 0.29) is 18.9 Å². The Morgan fingerprint density at radius 3 is 2.60 bits per heavy atom. The highest BCUT2D eigenvalue weighted by Gasteiger charge is 2.34. The number of nitrogens with one attached hydrogen (secondary N) is 2. The molecule has 2 aromatic carbocycles. The summed E-state index contributed by atoms with van der Waals surface area (Å²) in [7, 11) is 0. The average molecular weight is 409 g/mol. The van der Waals surface area contributed by atoms with Crippen molar-refractivity contribution in [1.82, 2.24) is 0 Å². The molecule has 0 bridgehead atoms. The minimum Gasteiger partial charge on any atom is -0.478 e. The maximum atomic E-state index is 12.8. The Hall–Kier alpha value is -3.88. The van der Waals surface area contributed by atoms with Crippen molar-refractivity contribution < 1.29 is 28.7 Å². The van der Waals surface area contributed by atoms with Gasteiger partial charge in [0.1, 0.15) is 12.3 Å². The van der Waals surface area contributed by atoms with Gasteiger partial charge in [-0.05, 0) is 31.2 Å². The van der Waals surface area contributed by atoms with Gasteiger partial charge in [0.2, 0.25) is 5.91 Å². The van der Waals surface area contributed by atoms with Gasteiger partial charge in [-0.3, -0.25) is 24.1 Å². The summed E-state index contributed by atoms with van der Waals surface area (Å²) in [5.41, 5.74) is 1.56. The Morgan fingerprint density at radius 1 is 1.10 bits per heavy atom. The lowest BCUT2D eigenvalue weighted by molar-refractivity contribution is -0.156. The predicted octanol–water partition coefficient (Wildman–Crippen LogP) is 1.69. The molecule has 2 N–H and O–H groups in total. The molecule has 0 saturated heterocycles.